The smallest absolute Gasteiger partial charge is 0.302 e. The lowest BCUT2D eigenvalue weighted by atomic mass is 9.48. The van der Waals surface area contributed by atoms with Crippen molar-refractivity contribution in [3.63, 3.8) is 0 Å². The van der Waals surface area contributed by atoms with Crippen LogP contribution in [0.25, 0.3) is 0 Å². The molecule has 3 nitrogen and oxygen atoms in total. The third kappa shape index (κ3) is 2.40. The van der Waals surface area contributed by atoms with Crippen molar-refractivity contribution in [1.82, 2.24) is 0 Å². The summed E-state index contributed by atoms with van der Waals surface area (Å²) in [5, 5.41) is 0. The Labute approximate surface area is 146 Å². The molecule has 0 amide bonds. The molecular formula is C20H29BO3. The van der Waals surface area contributed by atoms with Gasteiger partial charge in [-0.25, -0.2) is 0 Å². The van der Waals surface area contributed by atoms with Gasteiger partial charge in [0, 0.05) is 18.8 Å². The molecule has 0 aliphatic heterocycles. The maximum absolute atomic E-state index is 11.9. The Morgan fingerprint density at radius 1 is 1.25 bits per heavy atom. The summed E-state index contributed by atoms with van der Waals surface area (Å²) in [7, 11) is 2.32. The zero-order valence-electron chi connectivity index (χ0n) is 15.2. The molecule has 4 rings (SSSR count). The normalized spacial score (nSPS) is 47.2. The fraction of sp³-hybridized carbons (Fsp3) is 0.800. The molecule has 0 radical (unpaired) electrons. The lowest BCUT2D eigenvalue weighted by Crippen LogP contribution is -2.49. The quantitative estimate of drug-likeness (QED) is 0.549. The molecule has 0 aromatic carbocycles. The van der Waals surface area contributed by atoms with E-state index in [2.05, 4.69) is 14.8 Å². The Kier molecular flexibility index (Phi) is 3.93. The summed E-state index contributed by atoms with van der Waals surface area (Å²) in [6.07, 6.45) is 9.75. The minimum absolute atomic E-state index is 0.112. The first-order valence-electron chi connectivity index (χ1n) is 9.81. The van der Waals surface area contributed by atoms with E-state index in [1.165, 1.54) is 31.3 Å². The number of carbonyl (C=O) groups excluding carboxylic acids is 2. The van der Waals surface area contributed by atoms with Gasteiger partial charge < -0.3 is 4.74 Å². The van der Waals surface area contributed by atoms with E-state index in [4.69, 9.17) is 4.74 Å². The highest BCUT2D eigenvalue weighted by Gasteiger charge is 2.58. The van der Waals surface area contributed by atoms with Gasteiger partial charge in [0.1, 0.15) is 14.0 Å². The zero-order valence-corrected chi connectivity index (χ0v) is 15.2. The van der Waals surface area contributed by atoms with Gasteiger partial charge in [-0.1, -0.05) is 18.9 Å². The van der Waals surface area contributed by atoms with Crippen molar-refractivity contribution in [3.05, 3.63) is 11.6 Å². The number of hydrogen-bond acceptors (Lipinski definition) is 3. The molecule has 0 aromatic heterocycles. The first-order valence-corrected chi connectivity index (χ1v) is 9.81. The predicted molar refractivity (Wildman–Crippen MR) is 95.3 cm³/mol. The minimum Gasteiger partial charge on any atom is -0.462 e. The molecule has 3 fully saturated rings. The molecule has 0 bridgehead atoms. The highest BCUT2D eigenvalue weighted by atomic mass is 16.5. The van der Waals surface area contributed by atoms with Crippen molar-refractivity contribution in [1.29, 1.82) is 0 Å². The zero-order chi connectivity index (χ0) is 17.1. The monoisotopic (exact) mass is 328 g/mol. The largest absolute Gasteiger partial charge is 0.462 e. The lowest BCUT2D eigenvalue weighted by molar-refractivity contribution is -0.156. The van der Waals surface area contributed by atoms with E-state index < -0.39 is 0 Å². The number of ether oxygens (including phenoxy) is 1. The second-order valence-electron chi connectivity index (χ2n) is 9.05. The number of rotatable bonds is 1. The van der Waals surface area contributed by atoms with Gasteiger partial charge >= 0.3 is 5.97 Å². The van der Waals surface area contributed by atoms with Crippen molar-refractivity contribution in [2.75, 3.05) is 0 Å². The number of esters is 1. The predicted octanol–water partition coefficient (Wildman–Crippen LogP) is 3.09. The van der Waals surface area contributed by atoms with Crippen molar-refractivity contribution in [2.45, 2.75) is 70.7 Å². The van der Waals surface area contributed by atoms with Crippen LogP contribution in [0.2, 0.25) is 5.82 Å². The van der Waals surface area contributed by atoms with Crippen LogP contribution in [-0.4, -0.2) is 25.7 Å². The van der Waals surface area contributed by atoms with Crippen molar-refractivity contribution >= 4 is 19.6 Å². The number of fused-ring (bicyclic) bond motifs is 5. The minimum atomic E-state index is -0.128. The second kappa shape index (κ2) is 5.74. The fourth-order valence-corrected chi connectivity index (χ4v) is 6.84. The molecule has 0 spiro atoms. The van der Waals surface area contributed by atoms with Gasteiger partial charge in [-0.15, -0.1) is 0 Å². The molecule has 5 unspecified atom stereocenters. The van der Waals surface area contributed by atoms with Crippen LogP contribution in [0.4, 0.5) is 0 Å². The topological polar surface area (TPSA) is 43.4 Å². The maximum Gasteiger partial charge on any atom is 0.302 e. The summed E-state index contributed by atoms with van der Waals surface area (Å²) < 4.78 is 5.72. The van der Waals surface area contributed by atoms with E-state index in [9.17, 15) is 9.59 Å². The van der Waals surface area contributed by atoms with Gasteiger partial charge in [0.15, 0.2) is 5.78 Å². The Balaban J connectivity index is 1.61. The highest BCUT2D eigenvalue weighted by molar-refractivity contribution is 6.14. The Morgan fingerprint density at radius 2 is 2.04 bits per heavy atom. The van der Waals surface area contributed by atoms with E-state index >= 15 is 0 Å². The van der Waals surface area contributed by atoms with Gasteiger partial charge in [0.05, 0.1) is 0 Å². The molecule has 7 atom stereocenters. The molecule has 4 aliphatic rings. The number of allylic oxidation sites excluding steroid dienone is 1. The van der Waals surface area contributed by atoms with Gasteiger partial charge in [0.2, 0.25) is 0 Å². The van der Waals surface area contributed by atoms with E-state index in [1.54, 1.807) is 6.92 Å². The molecule has 0 aromatic rings. The summed E-state index contributed by atoms with van der Waals surface area (Å²) in [5.41, 5.74) is 1.61. The van der Waals surface area contributed by atoms with Gasteiger partial charge in [-0.2, -0.15) is 0 Å². The first-order chi connectivity index (χ1) is 11.4. The van der Waals surface area contributed by atoms with Crippen LogP contribution in [-0.2, 0) is 14.3 Å². The van der Waals surface area contributed by atoms with Gasteiger partial charge in [-0.05, 0) is 67.7 Å². The molecule has 24 heavy (non-hydrogen) atoms. The van der Waals surface area contributed by atoms with Crippen LogP contribution in [0.1, 0.15) is 58.8 Å². The van der Waals surface area contributed by atoms with Crippen LogP contribution in [0.3, 0.4) is 0 Å². The third-order valence-corrected chi connectivity index (χ3v) is 7.88. The van der Waals surface area contributed by atoms with Crippen LogP contribution in [0.15, 0.2) is 11.6 Å². The van der Waals surface area contributed by atoms with Crippen LogP contribution >= 0.6 is 0 Å². The Hall–Kier alpha value is -1.06. The summed E-state index contributed by atoms with van der Waals surface area (Å²) in [6.45, 7) is 3.91. The third-order valence-electron chi connectivity index (χ3n) is 7.88. The average Bonchev–Trinajstić information content (AvgIpc) is 2.84. The van der Waals surface area contributed by atoms with Crippen LogP contribution in [0.5, 0.6) is 0 Å². The van der Waals surface area contributed by atoms with E-state index in [-0.39, 0.29) is 17.5 Å². The molecule has 130 valence electrons. The number of carbonyl (C=O) groups is 2. The van der Waals surface area contributed by atoms with Crippen molar-refractivity contribution < 1.29 is 14.3 Å². The second-order valence-corrected chi connectivity index (χ2v) is 9.05. The van der Waals surface area contributed by atoms with Crippen LogP contribution in [0, 0.1) is 29.1 Å². The highest BCUT2D eigenvalue weighted by Crippen LogP contribution is 2.63. The Bertz CT molecular complexity index is 598. The summed E-state index contributed by atoms with van der Waals surface area (Å²) in [6, 6.07) is 0. The SMILES string of the molecule is BC1CC2C(CC[C@@]3(C)C2CC[C@@H]3OC(C)=O)C2CCC(=O)C=C12. The number of ketones is 1. The maximum atomic E-state index is 11.9. The first kappa shape index (κ1) is 16.4. The van der Waals surface area contributed by atoms with E-state index in [0.29, 0.717) is 23.4 Å². The summed E-state index contributed by atoms with van der Waals surface area (Å²) in [4.78, 5) is 23.4. The van der Waals surface area contributed by atoms with Crippen LogP contribution < -0.4 is 0 Å². The Morgan fingerprint density at radius 3 is 2.79 bits per heavy atom. The molecule has 4 aliphatic carbocycles. The molecular weight excluding hydrogens is 299 g/mol. The molecule has 3 saturated carbocycles. The van der Waals surface area contributed by atoms with Gasteiger partial charge in [-0.3, -0.25) is 9.59 Å². The summed E-state index contributed by atoms with van der Waals surface area (Å²) >= 11 is 0. The lowest BCUT2D eigenvalue weighted by Gasteiger charge is -2.55. The van der Waals surface area contributed by atoms with Crippen molar-refractivity contribution in [3.8, 4) is 0 Å². The number of hydrogen-bond donors (Lipinski definition) is 0. The standard InChI is InChI=1S/C20H29BO3/c1-11(22)24-19-6-5-17-15-10-18(21)16-9-12(23)3-4-13(16)14(15)7-8-20(17,19)2/h9,13-15,17-19H,3-8,10,21H2,1-2H3/t13?,14?,15?,17?,18?,19-,20-/m0/s1. The van der Waals surface area contributed by atoms with E-state index in [1.807, 2.05) is 6.08 Å². The van der Waals surface area contributed by atoms with Crippen molar-refractivity contribution in [2.24, 2.45) is 29.1 Å². The molecule has 0 saturated heterocycles. The molecule has 0 heterocycles. The fourth-order valence-electron chi connectivity index (χ4n) is 6.84. The van der Waals surface area contributed by atoms with E-state index in [0.717, 1.165) is 31.1 Å². The summed E-state index contributed by atoms with van der Waals surface area (Å²) in [5.74, 6) is 3.55. The molecule has 4 heteroatoms. The average molecular weight is 328 g/mol. The van der Waals surface area contributed by atoms with Gasteiger partial charge in [0.25, 0.3) is 0 Å². The molecule has 0 N–H and O–H groups in total.